The fourth-order valence-electron chi connectivity index (χ4n) is 2.09. The van der Waals surface area contributed by atoms with Crippen LogP contribution in [0.3, 0.4) is 0 Å². The van der Waals surface area contributed by atoms with Crippen molar-refractivity contribution < 1.29 is 4.74 Å². The number of ether oxygens (including phenoxy) is 1. The van der Waals surface area contributed by atoms with Gasteiger partial charge in [0.05, 0.1) is 12.5 Å². The number of nitrogens with one attached hydrogen (secondary N) is 1. The van der Waals surface area contributed by atoms with E-state index in [1.807, 2.05) is 24.3 Å². The number of fused-ring (bicyclic) bond motifs is 1. The van der Waals surface area contributed by atoms with Crippen LogP contribution in [0.25, 0.3) is 10.2 Å². The van der Waals surface area contributed by atoms with Crippen LogP contribution in [0.2, 0.25) is 0 Å². The highest BCUT2D eigenvalue weighted by Crippen LogP contribution is 2.33. The first kappa shape index (κ1) is 12.9. The maximum Gasteiger partial charge on any atom is 0.142 e. The monoisotopic (exact) mass is 285 g/mol. The van der Waals surface area contributed by atoms with Gasteiger partial charge in [0, 0.05) is 10.6 Å². The average Bonchev–Trinajstić information content (AvgIpc) is 2.76. The Morgan fingerprint density at radius 2 is 1.85 bits per heavy atom. The molecule has 3 rings (SSSR count). The second-order valence-corrected chi connectivity index (χ2v) is 5.74. The zero-order valence-corrected chi connectivity index (χ0v) is 12.4. The summed E-state index contributed by atoms with van der Waals surface area (Å²) in [6.45, 7) is 4.22. The van der Waals surface area contributed by atoms with Gasteiger partial charge in [-0.25, -0.2) is 9.97 Å². The van der Waals surface area contributed by atoms with Crippen molar-refractivity contribution >= 4 is 33.1 Å². The Morgan fingerprint density at radius 3 is 2.55 bits per heavy atom. The minimum Gasteiger partial charge on any atom is -0.497 e. The molecule has 0 unspecified atom stereocenters. The van der Waals surface area contributed by atoms with Gasteiger partial charge in [-0.05, 0) is 43.7 Å². The zero-order valence-electron chi connectivity index (χ0n) is 11.6. The lowest BCUT2D eigenvalue weighted by Gasteiger charge is -2.08. The van der Waals surface area contributed by atoms with Crippen LogP contribution in [0.4, 0.5) is 11.5 Å². The zero-order chi connectivity index (χ0) is 14.1. The van der Waals surface area contributed by atoms with Crippen molar-refractivity contribution in [1.82, 2.24) is 9.97 Å². The van der Waals surface area contributed by atoms with Crippen molar-refractivity contribution in [3.8, 4) is 5.75 Å². The lowest BCUT2D eigenvalue weighted by atomic mass is 10.2. The molecule has 1 aromatic carbocycles. The molecule has 0 aliphatic heterocycles. The summed E-state index contributed by atoms with van der Waals surface area (Å²) in [6, 6.07) is 7.79. The molecule has 5 heteroatoms. The van der Waals surface area contributed by atoms with Crippen molar-refractivity contribution in [3.63, 3.8) is 0 Å². The fraction of sp³-hybridized carbons (Fsp3) is 0.200. The molecule has 0 aliphatic carbocycles. The van der Waals surface area contributed by atoms with Crippen molar-refractivity contribution in [3.05, 3.63) is 41.0 Å². The highest BCUT2D eigenvalue weighted by atomic mass is 32.1. The van der Waals surface area contributed by atoms with Gasteiger partial charge >= 0.3 is 0 Å². The molecule has 0 amide bonds. The summed E-state index contributed by atoms with van der Waals surface area (Å²) in [5.41, 5.74) is 2.22. The first-order chi connectivity index (χ1) is 9.69. The minimum absolute atomic E-state index is 0.839. The van der Waals surface area contributed by atoms with E-state index in [2.05, 4.69) is 29.1 Å². The van der Waals surface area contributed by atoms with Gasteiger partial charge in [0.1, 0.15) is 22.7 Å². The maximum atomic E-state index is 5.16. The molecule has 2 heterocycles. The highest BCUT2D eigenvalue weighted by molar-refractivity contribution is 7.18. The number of aromatic nitrogens is 2. The number of thiophene rings is 1. The molecule has 0 fully saturated rings. The van der Waals surface area contributed by atoms with Crippen molar-refractivity contribution in [2.45, 2.75) is 13.8 Å². The molecular weight excluding hydrogens is 270 g/mol. The number of nitrogens with zero attached hydrogens (tertiary/aromatic N) is 2. The number of anilines is 2. The van der Waals surface area contributed by atoms with E-state index in [4.69, 9.17) is 4.74 Å². The number of rotatable bonds is 3. The third kappa shape index (κ3) is 2.20. The average molecular weight is 285 g/mol. The molecule has 102 valence electrons. The van der Waals surface area contributed by atoms with E-state index < -0.39 is 0 Å². The van der Waals surface area contributed by atoms with E-state index >= 15 is 0 Å². The third-order valence-corrected chi connectivity index (χ3v) is 4.43. The quantitative estimate of drug-likeness (QED) is 0.788. The van der Waals surface area contributed by atoms with Gasteiger partial charge in [-0.2, -0.15) is 0 Å². The Bertz CT molecular complexity index is 750. The molecule has 1 N–H and O–H groups in total. The molecule has 20 heavy (non-hydrogen) atoms. The van der Waals surface area contributed by atoms with Gasteiger partial charge < -0.3 is 10.1 Å². The second-order valence-electron chi connectivity index (χ2n) is 4.54. The van der Waals surface area contributed by atoms with Gasteiger partial charge in [-0.15, -0.1) is 11.3 Å². The second kappa shape index (κ2) is 5.09. The molecule has 0 radical (unpaired) electrons. The summed E-state index contributed by atoms with van der Waals surface area (Å²) < 4.78 is 5.16. The van der Waals surface area contributed by atoms with Crippen LogP contribution >= 0.6 is 11.3 Å². The van der Waals surface area contributed by atoms with Crippen LogP contribution in [0.15, 0.2) is 30.6 Å². The number of aryl methyl sites for hydroxylation is 2. The van der Waals surface area contributed by atoms with Crippen molar-refractivity contribution in [2.24, 2.45) is 0 Å². The van der Waals surface area contributed by atoms with E-state index in [0.717, 1.165) is 27.5 Å². The first-order valence-corrected chi connectivity index (χ1v) is 7.12. The molecule has 0 aliphatic rings. The predicted octanol–water partition coefficient (Wildman–Crippen LogP) is 4.06. The topological polar surface area (TPSA) is 47.0 Å². The number of methoxy groups -OCH3 is 1. The third-order valence-electron chi connectivity index (χ3n) is 3.32. The van der Waals surface area contributed by atoms with Crippen LogP contribution in [0.5, 0.6) is 5.75 Å². The summed E-state index contributed by atoms with van der Waals surface area (Å²) in [5, 5.41) is 4.45. The molecule has 4 nitrogen and oxygen atoms in total. The van der Waals surface area contributed by atoms with Gasteiger partial charge in [-0.1, -0.05) is 0 Å². The molecule has 0 atom stereocenters. The largest absolute Gasteiger partial charge is 0.497 e. The summed E-state index contributed by atoms with van der Waals surface area (Å²) >= 11 is 1.70. The number of hydrogen-bond acceptors (Lipinski definition) is 5. The molecule has 0 bridgehead atoms. The normalized spacial score (nSPS) is 10.8. The van der Waals surface area contributed by atoms with Gasteiger partial charge in [-0.3, -0.25) is 0 Å². The molecule has 0 saturated carbocycles. The first-order valence-electron chi connectivity index (χ1n) is 6.31. The van der Waals surface area contributed by atoms with Crippen LogP contribution in [-0.4, -0.2) is 17.1 Å². The maximum absolute atomic E-state index is 5.16. The lowest BCUT2D eigenvalue weighted by Crippen LogP contribution is -1.95. The van der Waals surface area contributed by atoms with Crippen LogP contribution in [0, 0.1) is 13.8 Å². The van der Waals surface area contributed by atoms with Crippen molar-refractivity contribution in [2.75, 3.05) is 12.4 Å². The van der Waals surface area contributed by atoms with E-state index in [0.29, 0.717) is 0 Å². The summed E-state index contributed by atoms with van der Waals surface area (Å²) in [5.74, 6) is 1.69. The Balaban J connectivity index is 2.01. The Labute approximate surface area is 121 Å². The highest BCUT2D eigenvalue weighted by Gasteiger charge is 2.11. The molecule has 0 saturated heterocycles. The van der Waals surface area contributed by atoms with Crippen LogP contribution < -0.4 is 10.1 Å². The van der Waals surface area contributed by atoms with E-state index in [1.54, 1.807) is 24.8 Å². The number of benzene rings is 1. The van der Waals surface area contributed by atoms with E-state index in [-0.39, 0.29) is 0 Å². The van der Waals surface area contributed by atoms with Crippen LogP contribution in [-0.2, 0) is 0 Å². The standard InChI is InChI=1S/C15H15N3OS/c1-9-10(2)20-15-13(9)14(16-8-17-15)18-11-4-6-12(19-3)7-5-11/h4-8H,1-3H3,(H,16,17,18). The lowest BCUT2D eigenvalue weighted by molar-refractivity contribution is 0.415. The molecule has 0 spiro atoms. The summed E-state index contributed by atoms with van der Waals surface area (Å²) in [4.78, 5) is 11.0. The smallest absolute Gasteiger partial charge is 0.142 e. The van der Waals surface area contributed by atoms with Crippen molar-refractivity contribution in [1.29, 1.82) is 0 Å². The van der Waals surface area contributed by atoms with E-state index in [1.165, 1.54) is 10.4 Å². The summed E-state index contributed by atoms with van der Waals surface area (Å²) in [6.07, 6.45) is 1.60. The van der Waals surface area contributed by atoms with Crippen LogP contribution in [0.1, 0.15) is 10.4 Å². The molecular formula is C15H15N3OS. The Morgan fingerprint density at radius 1 is 1.10 bits per heavy atom. The van der Waals surface area contributed by atoms with Gasteiger partial charge in [0.15, 0.2) is 0 Å². The Kier molecular flexibility index (Phi) is 3.28. The SMILES string of the molecule is COc1ccc(Nc2ncnc3sc(C)c(C)c23)cc1. The van der Waals surface area contributed by atoms with Gasteiger partial charge in [0.2, 0.25) is 0 Å². The van der Waals surface area contributed by atoms with E-state index in [9.17, 15) is 0 Å². The molecule has 2 aromatic heterocycles. The minimum atomic E-state index is 0.839. The molecule has 3 aromatic rings. The summed E-state index contributed by atoms with van der Waals surface area (Å²) in [7, 11) is 1.66. The number of hydrogen-bond donors (Lipinski definition) is 1. The fourth-order valence-corrected chi connectivity index (χ4v) is 3.09. The predicted molar refractivity (Wildman–Crippen MR) is 83.2 cm³/mol. The Hall–Kier alpha value is -2.14. The van der Waals surface area contributed by atoms with Gasteiger partial charge in [0.25, 0.3) is 0 Å².